The van der Waals surface area contributed by atoms with Gasteiger partial charge in [0.2, 0.25) is 40.9 Å². The Balaban J connectivity index is 1.34. The largest absolute Gasteiger partial charge is 0.486 e. The molecule has 0 saturated heterocycles. The van der Waals surface area contributed by atoms with Gasteiger partial charge in [0, 0.05) is 24.0 Å². The van der Waals surface area contributed by atoms with Crippen molar-refractivity contribution in [3.63, 3.8) is 0 Å². The van der Waals surface area contributed by atoms with Crippen LogP contribution in [0.1, 0.15) is 29.5 Å². The number of hydrogen-bond acceptors (Lipinski definition) is 3. The van der Waals surface area contributed by atoms with Gasteiger partial charge in [-0.3, -0.25) is 9.59 Å². The number of anilines is 1. The van der Waals surface area contributed by atoms with Gasteiger partial charge in [0.1, 0.15) is 6.61 Å². The van der Waals surface area contributed by atoms with Crippen molar-refractivity contribution in [2.24, 2.45) is 0 Å². The van der Waals surface area contributed by atoms with E-state index in [2.05, 4.69) is 21.9 Å². The Morgan fingerprint density at radius 1 is 0.811 bits per heavy atom. The van der Waals surface area contributed by atoms with E-state index < -0.39 is 47.3 Å². The van der Waals surface area contributed by atoms with Crippen molar-refractivity contribution < 1.29 is 36.3 Å². The highest BCUT2D eigenvalue weighted by Gasteiger charge is 2.27. The molecule has 10 heteroatoms. The van der Waals surface area contributed by atoms with E-state index in [0.717, 1.165) is 11.1 Å². The standard InChI is InChI=1S/C27H19F5N2O3/c28-22-23(29)25(31)27(26(32)24(22)30)37-14-13-33-20(35)11-12-21(36)34-15-18-7-2-1-5-16(18)9-10-17-6-3-4-8-19(17)34/h1-8H,11-15H2,(H,33,35). The molecule has 0 fully saturated rings. The number of ether oxygens (including phenoxy) is 1. The van der Waals surface area contributed by atoms with Crippen molar-refractivity contribution in [3.8, 4) is 17.6 Å². The van der Waals surface area contributed by atoms with Crippen molar-refractivity contribution in [1.82, 2.24) is 5.32 Å². The van der Waals surface area contributed by atoms with Crippen LogP contribution in [0.15, 0.2) is 48.5 Å². The highest BCUT2D eigenvalue weighted by atomic mass is 19.2. The van der Waals surface area contributed by atoms with E-state index in [9.17, 15) is 31.5 Å². The number of nitrogens with one attached hydrogen (secondary N) is 1. The minimum absolute atomic E-state index is 0.145. The summed E-state index contributed by atoms with van der Waals surface area (Å²) in [6.07, 6.45) is -0.346. The molecular weight excluding hydrogens is 495 g/mol. The molecule has 1 aliphatic heterocycles. The molecule has 0 aromatic heterocycles. The van der Waals surface area contributed by atoms with Gasteiger partial charge in [-0.2, -0.15) is 8.78 Å². The molecular formula is C27H19F5N2O3. The Labute approximate surface area is 208 Å². The maximum atomic E-state index is 13.6. The highest BCUT2D eigenvalue weighted by Crippen LogP contribution is 2.29. The average Bonchev–Trinajstić information content (AvgIpc) is 2.90. The molecule has 0 aliphatic carbocycles. The first-order chi connectivity index (χ1) is 17.8. The zero-order chi connectivity index (χ0) is 26.5. The van der Waals surface area contributed by atoms with Gasteiger partial charge in [-0.05, 0) is 23.8 Å². The van der Waals surface area contributed by atoms with Gasteiger partial charge in [0.15, 0.2) is 5.75 Å². The monoisotopic (exact) mass is 514 g/mol. The number of benzene rings is 3. The summed E-state index contributed by atoms with van der Waals surface area (Å²) in [5, 5.41) is 2.38. The predicted molar refractivity (Wildman–Crippen MR) is 124 cm³/mol. The maximum Gasteiger partial charge on any atom is 0.227 e. The molecule has 2 amide bonds. The van der Waals surface area contributed by atoms with Crippen molar-refractivity contribution in [2.75, 3.05) is 18.1 Å². The molecule has 37 heavy (non-hydrogen) atoms. The SMILES string of the molecule is O=C(CCC(=O)N1Cc2ccccc2C#Cc2ccccc21)NCCOc1c(F)c(F)c(F)c(F)c1F. The molecule has 1 heterocycles. The number of carbonyl (C=O) groups excluding carboxylic acids is 2. The molecule has 5 nitrogen and oxygen atoms in total. The molecule has 0 bridgehead atoms. The molecule has 190 valence electrons. The number of rotatable bonds is 7. The fourth-order valence-corrected chi connectivity index (χ4v) is 3.71. The Bertz CT molecular complexity index is 1400. The molecule has 0 atom stereocenters. The van der Waals surface area contributed by atoms with Crippen molar-refractivity contribution in [3.05, 3.63) is 94.3 Å². The lowest BCUT2D eigenvalue weighted by Gasteiger charge is -2.26. The number of halogens is 5. The minimum Gasteiger partial charge on any atom is -0.486 e. The average molecular weight is 514 g/mol. The summed E-state index contributed by atoms with van der Waals surface area (Å²) >= 11 is 0. The smallest absolute Gasteiger partial charge is 0.227 e. The molecule has 0 radical (unpaired) electrons. The van der Waals surface area contributed by atoms with E-state index in [0.29, 0.717) is 11.3 Å². The fraction of sp³-hybridized carbons (Fsp3) is 0.185. The van der Waals surface area contributed by atoms with Crippen LogP contribution in [-0.4, -0.2) is 25.0 Å². The van der Waals surface area contributed by atoms with Gasteiger partial charge in [0.05, 0.1) is 18.8 Å². The van der Waals surface area contributed by atoms with Crippen LogP contribution in [0, 0.1) is 40.9 Å². The maximum absolute atomic E-state index is 13.6. The Morgan fingerprint density at radius 2 is 1.41 bits per heavy atom. The topological polar surface area (TPSA) is 58.6 Å². The lowest BCUT2D eigenvalue weighted by molar-refractivity contribution is -0.125. The zero-order valence-electron chi connectivity index (χ0n) is 19.2. The number of amides is 2. The van der Waals surface area contributed by atoms with E-state index >= 15 is 0 Å². The van der Waals surface area contributed by atoms with Crippen LogP contribution in [-0.2, 0) is 16.1 Å². The van der Waals surface area contributed by atoms with E-state index in [-0.39, 0.29) is 31.8 Å². The van der Waals surface area contributed by atoms with E-state index in [1.165, 1.54) is 0 Å². The molecule has 4 rings (SSSR count). The normalized spacial score (nSPS) is 11.9. The van der Waals surface area contributed by atoms with Gasteiger partial charge in [0.25, 0.3) is 0 Å². The molecule has 1 aliphatic rings. The second-order valence-electron chi connectivity index (χ2n) is 8.00. The summed E-state index contributed by atoms with van der Waals surface area (Å²) < 4.78 is 71.5. The summed E-state index contributed by atoms with van der Waals surface area (Å²) in [7, 11) is 0. The summed E-state index contributed by atoms with van der Waals surface area (Å²) in [6, 6.07) is 14.6. The zero-order valence-corrected chi connectivity index (χ0v) is 19.2. The van der Waals surface area contributed by atoms with Gasteiger partial charge >= 0.3 is 0 Å². The second kappa shape index (κ2) is 11.1. The molecule has 0 saturated carbocycles. The quantitative estimate of drug-likeness (QED) is 0.165. The van der Waals surface area contributed by atoms with Crippen molar-refractivity contribution in [1.29, 1.82) is 0 Å². The summed E-state index contributed by atoms with van der Waals surface area (Å²) in [6.45, 7) is -0.590. The van der Waals surface area contributed by atoms with Gasteiger partial charge in [-0.1, -0.05) is 42.2 Å². The van der Waals surface area contributed by atoms with Crippen LogP contribution in [0.25, 0.3) is 0 Å². The lowest BCUT2D eigenvalue weighted by atomic mass is 10.0. The van der Waals surface area contributed by atoms with Crippen molar-refractivity contribution in [2.45, 2.75) is 19.4 Å². The Kier molecular flexibility index (Phi) is 7.72. The molecule has 1 N–H and O–H groups in total. The third kappa shape index (κ3) is 5.56. The van der Waals surface area contributed by atoms with Gasteiger partial charge < -0.3 is 15.0 Å². The summed E-state index contributed by atoms with van der Waals surface area (Å²) in [4.78, 5) is 26.9. The van der Waals surface area contributed by atoms with E-state index in [4.69, 9.17) is 0 Å². The van der Waals surface area contributed by atoms with Crippen LogP contribution in [0.5, 0.6) is 5.75 Å². The minimum atomic E-state index is -2.29. The van der Waals surface area contributed by atoms with Crippen LogP contribution >= 0.6 is 0 Å². The number of hydrogen-bond donors (Lipinski definition) is 1. The molecule has 0 unspecified atom stereocenters. The first kappa shape index (κ1) is 25.7. The van der Waals surface area contributed by atoms with E-state index in [1.807, 2.05) is 30.3 Å². The number of fused-ring (bicyclic) bond motifs is 2. The first-order valence-electron chi connectivity index (χ1n) is 11.2. The number of carbonyl (C=O) groups is 2. The molecule has 0 spiro atoms. The van der Waals surface area contributed by atoms with E-state index in [1.54, 1.807) is 23.1 Å². The Hall–Kier alpha value is -4.39. The predicted octanol–water partition coefficient (Wildman–Crippen LogP) is 4.60. The van der Waals surface area contributed by atoms with Crippen LogP contribution in [0.4, 0.5) is 27.6 Å². The molecule has 3 aromatic rings. The fourth-order valence-electron chi connectivity index (χ4n) is 3.71. The van der Waals surface area contributed by atoms with Crippen molar-refractivity contribution >= 4 is 17.5 Å². The first-order valence-corrected chi connectivity index (χ1v) is 11.2. The van der Waals surface area contributed by atoms with Crippen LogP contribution in [0.3, 0.4) is 0 Å². The summed E-state index contributed by atoms with van der Waals surface area (Å²) in [5.74, 6) is -6.87. The van der Waals surface area contributed by atoms with Crippen LogP contribution < -0.4 is 15.0 Å². The number of nitrogens with zero attached hydrogens (tertiary/aromatic N) is 1. The van der Waals surface area contributed by atoms with Crippen LogP contribution in [0.2, 0.25) is 0 Å². The third-order valence-electron chi connectivity index (χ3n) is 5.58. The molecule has 3 aromatic carbocycles. The van der Waals surface area contributed by atoms with Gasteiger partial charge in [-0.25, -0.2) is 13.2 Å². The lowest BCUT2D eigenvalue weighted by Crippen LogP contribution is -2.34. The third-order valence-corrected chi connectivity index (χ3v) is 5.58. The second-order valence-corrected chi connectivity index (χ2v) is 8.00. The Morgan fingerprint density at radius 3 is 2.14 bits per heavy atom. The summed E-state index contributed by atoms with van der Waals surface area (Å²) in [5.41, 5.74) is 2.93. The number of para-hydroxylation sites is 1. The van der Waals surface area contributed by atoms with Gasteiger partial charge in [-0.15, -0.1) is 0 Å². The highest BCUT2D eigenvalue weighted by molar-refractivity contribution is 5.96.